The zero-order valence-corrected chi connectivity index (χ0v) is 14.9. The summed E-state index contributed by atoms with van der Waals surface area (Å²) in [5.41, 5.74) is 0.598. The average molecular weight is 357 g/mol. The number of nitrogens with zero attached hydrogens (tertiary/aromatic N) is 3. The summed E-state index contributed by atoms with van der Waals surface area (Å²) in [7, 11) is 4.09. The van der Waals surface area contributed by atoms with E-state index in [0.29, 0.717) is 16.9 Å². The molecular weight excluding hydrogens is 332 g/mol. The number of hydrogen-bond donors (Lipinski definition) is 1. The number of likely N-dealkylation sites (N-methyl/N-ethyl adjacent to an activating group) is 1. The minimum absolute atomic E-state index is 0.145. The standard InChI is InChI=1S/C15H25BrN4O/c1-6-7-20-15(21)14(16)13(9-17-20)18-12(8-11(2)3)10-19(4)5/h6,9,11-12,18H,1,7-8,10H2,2-5H3. The quantitative estimate of drug-likeness (QED) is 0.727. The predicted molar refractivity (Wildman–Crippen MR) is 91.8 cm³/mol. The molecule has 0 fully saturated rings. The first-order valence-corrected chi connectivity index (χ1v) is 7.92. The molecule has 0 radical (unpaired) electrons. The summed E-state index contributed by atoms with van der Waals surface area (Å²) in [4.78, 5) is 14.3. The van der Waals surface area contributed by atoms with Crippen LogP contribution < -0.4 is 10.9 Å². The fraction of sp³-hybridized carbons (Fsp3) is 0.600. The molecule has 5 nitrogen and oxygen atoms in total. The van der Waals surface area contributed by atoms with Gasteiger partial charge < -0.3 is 10.2 Å². The molecule has 1 aromatic heterocycles. The number of rotatable bonds is 8. The maximum atomic E-state index is 12.2. The van der Waals surface area contributed by atoms with E-state index in [1.165, 1.54) is 4.68 Å². The molecule has 1 unspecified atom stereocenters. The molecule has 0 saturated heterocycles. The molecule has 118 valence electrons. The maximum absolute atomic E-state index is 12.2. The van der Waals surface area contributed by atoms with Gasteiger partial charge in [-0.3, -0.25) is 4.79 Å². The summed E-state index contributed by atoms with van der Waals surface area (Å²) in [5.74, 6) is 0.579. The minimum atomic E-state index is -0.145. The number of anilines is 1. The van der Waals surface area contributed by atoms with Crippen molar-refractivity contribution in [3.8, 4) is 0 Å². The topological polar surface area (TPSA) is 50.2 Å². The van der Waals surface area contributed by atoms with Crippen molar-refractivity contribution in [1.82, 2.24) is 14.7 Å². The van der Waals surface area contributed by atoms with Crippen LogP contribution in [0.15, 0.2) is 28.1 Å². The van der Waals surface area contributed by atoms with Crippen LogP contribution in [0.1, 0.15) is 20.3 Å². The average Bonchev–Trinajstić information content (AvgIpc) is 2.37. The van der Waals surface area contributed by atoms with Crippen LogP contribution >= 0.6 is 15.9 Å². The Hall–Kier alpha value is -1.14. The van der Waals surface area contributed by atoms with Crippen molar-refractivity contribution in [2.24, 2.45) is 5.92 Å². The van der Waals surface area contributed by atoms with Crippen LogP contribution in [-0.2, 0) is 6.54 Å². The lowest BCUT2D eigenvalue weighted by molar-refractivity contribution is 0.356. The highest BCUT2D eigenvalue weighted by Crippen LogP contribution is 2.19. The van der Waals surface area contributed by atoms with Crippen molar-refractivity contribution in [3.05, 3.63) is 33.7 Å². The summed E-state index contributed by atoms with van der Waals surface area (Å²) in [6.07, 6.45) is 4.37. The Morgan fingerprint density at radius 3 is 2.71 bits per heavy atom. The van der Waals surface area contributed by atoms with E-state index in [-0.39, 0.29) is 11.6 Å². The molecule has 0 amide bonds. The van der Waals surface area contributed by atoms with E-state index in [2.05, 4.69) is 51.7 Å². The second-order valence-corrected chi connectivity index (χ2v) is 6.67. The van der Waals surface area contributed by atoms with Crippen molar-refractivity contribution in [3.63, 3.8) is 0 Å². The van der Waals surface area contributed by atoms with Gasteiger partial charge in [0, 0.05) is 12.6 Å². The van der Waals surface area contributed by atoms with Crippen LogP contribution in [0.3, 0.4) is 0 Å². The predicted octanol–water partition coefficient (Wildman–Crippen LogP) is 2.58. The van der Waals surface area contributed by atoms with Gasteiger partial charge in [0.1, 0.15) is 4.47 Å². The second-order valence-electron chi connectivity index (χ2n) is 5.88. The Labute approximate surface area is 135 Å². The Balaban J connectivity index is 2.95. The third-order valence-corrected chi connectivity index (χ3v) is 3.75. The van der Waals surface area contributed by atoms with Crippen LogP contribution in [0.4, 0.5) is 5.69 Å². The second kappa shape index (κ2) is 8.34. The lowest BCUT2D eigenvalue weighted by Gasteiger charge is -2.25. The van der Waals surface area contributed by atoms with Gasteiger partial charge in [-0.05, 0) is 42.4 Å². The monoisotopic (exact) mass is 356 g/mol. The molecule has 0 aliphatic rings. The highest BCUT2D eigenvalue weighted by Gasteiger charge is 2.15. The first-order valence-electron chi connectivity index (χ1n) is 7.13. The van der Waals surface area contributed by atoms with Crippen molar-refractivity contribution in [2.75, 3.05) is 26.0 Å². The van der Waals surface area contributed by atoms with Gasteiger partial charge >= 0.3 is 0 Å². The SMILES string of the molecule is C=CCn1ncc(NC(CC(C)C)CN(C)C)c(Br)c1=O. The Morgan fingerprint density at radius 2 is 2.19 bits per heavy atom. The van der Waals surface area contributed by atoms with Gasteiger partial charge in [0.2, 0.25) is 0 Å². The molecule has 0 aliphatic carbocycles. The summed E-state index contributed by atoms with van der Waals surface area (Å²) in [6, 6.07) is 0.271. The van der Waals surface area contributed by atoms with E-state index in [4.69, 9.17) is 0 Å². The van der Waals surface area contributed by atoms with Crippen molar-refractivity contribution >= 4 is 21.6 Å². The van der Waals surface area contributed by atoms with Gasteiger partial charge in [0.15, 0.2) is 0 Å². The molecular formula is C15H25BrN4O. The van der Waals surface area contributed by atoms with E-state index in [1.807, 2.05) is 14.1 Å². The zero-order chi connectivity index (χ0) is 16.0. The lowest BCUT2D eigenvalue weighted by Crippen LogP contribution is -2.34. The summed E-state index contributed by atoms with van der Waals surface area (Å²) in [6.45, 7) is 9.33. The molecule has 6 heteroatoms. The minimum Gasteiger partial charge on any atom is -0.379 e. The molecule has 0 aliphatic heterocycles. The van der Waals surface area contributed by atoms with E-state index >= 15 is 0 Å². The Kier molecular flexibility index (Phi) is 7.11. The molecule has 1 atom stereocenters. The van der Waals surface area contributed by atoms with E-state index in [1.54, 1.807) is 12.3 Å². The smallest absolute Gasteiger partial charge is 0.283 e. The van der Waals surface area contributed by atoms with Gasteiger partial charge in [-0.15, -0.1) is 6.58 Å². The first kappa shape index (κ1) is 17.9. The number of nitrogens with one attached hydrogen (secondary N) is 1. The van der Waals surface area contributed by atoms with Gasteiger partial charge in [-0.1, -0.05) is 19.9 Å². The fourth-order valence-corrected chi connectivity index (χ4v) is 2.65. The molecule has 1 rings (SSSR count). The van der Waals surface area contributed by atoms with Crippen LogP contribution in [-0.4, -0.2) is 41.4 Å². The first-order chi connectivity index (χ1) is 9.85. The molecule has 1 heterocycles. The number of aromatic nitrogens is 2. The van der Waals surface area contributed by atoms with Gasteiger partial charge in [0.25, 0.3) is 5.56 Å². The Bertz CT molecular complexity index is 515. The molecule has 0 bridgehead atoms. The van der Waals surface area contributed by atoms with Crippen LogP contribution in [0.5, 0.6) is 0 Å². The highest BCUT2D eigenvalue weighted by atomic mass is 79.9. The largest absolute Gasteiger partial charge is 0.379 e. The van der Waals surface area contributed by atoms with Crippen LogP contribution in [0.25, 0.3) is 0 Å². The maximum Gasteiger partial charge on any atom is 0.283 e. The number of halogens is 1. The van der Waals surface area contributed by atoms with Crippen LogP contribution in [0.2, 0.25) is 0 Å². The number of hydrogen-bond acceptors (Lipinski definition) is 4. The van der Waals surface area contributed by atoms with Gasteiger partial charge in [-0.25, -0.2) is 4.68 Å². The van der Waals surface area contributed by atoms with Crippen molar-refractivity contribution in [1.29, 1.82) is 0 Å². The molecule has 0 aromatic carbocycles. The lowest BCUT2D eigenvalue weighted by atomic mass is 10.0. The molecule has 21 heavy (non-hydrogen) atoms. The normalized spacial score (nSPS) is 12.7. The van der Waals surface area contributed by atoms with Crippen molar-refractivity contribution in [2.45, 2.75) is 32.9 Å². The van der Waals surface area contributed by atoms with Gasteiger partial charge in [0.05, 0.1) is 18.4 Å². The van der Waals surface area contributed by atoms with Crippen molar-refractivity contribution < 1.29 is 0 Å². The van der Waals surface area contributed by atoms with E-state index in [0.717, 1.165) is 18.7 Å². The summed E-state index contributed by atoms with van der Waals surface area (Å²) >= 11 is 3.38. The third-order valence-electron chi connectivity index (χ3n) is 2.99. The fourth-order valence-electron chi connectivity index (χ4n) is 2.23. The van der Waals surface area contributed by atoms with Gasteiger partial charge in [-0.2, -0.15) is 5.10 Å². The summed E-state index contributed by atoms with van der Waals surface area (Å²) in [5, 5.41) is 7.60. The molecule has 1 N–H and O–H groups in total. The summed E-state index contributed by atoms with van der Waals surface area (Å²) < 4.78 is 1.90. The molecule has 1 aromatic rings. The highest BCUT2D eigenvalue weighted by molar-refractivity contribution is 9.10. The van der Waals surface area contributed by atoms with E-state index in [9.17, 15) is 4.79 Å². The zero-order valence-electron chi connectivity index (χ0n) is 13.3. The molecule has 0 spiro atoms. The third kappa shape index (κ3) is 5.63. The Morgan fingerprint density at radius 1 is 1.52 bits per heavy atom. The molecule has 0 saturated carbocycles. The van der Waals surface area contributed by atoms with Crippen LogP contribution in [0, 0.1) is 5.92 Å². The van der Waals surface area contributed by atoms with E-state index < -0.39 is 0 Å². The number of allylic oxidation sites excluding steroid dienone is 1.